The molecule has 0 heterocycles. The minimum Gasteiger partial charge on any atom is -0.395 e. The van der Waals surface area contributed by atoms with Gasteiger partial charge in [0.2, 0.25) is 0 Å². The van der Waals surface area contributed by atoms with Crippen LogP contribution in [-0.2, 0) is 6.54 Å². The lowest BCUT2D eigenvalue weighted by molar-refractivity contribution is 0.196. The van der Waals surface area contributed by atoms with Gasteiger partial charge in [0, 0.05) is 17.6 Å². The second-order valence-electron chi connectivity index (χ2n) is 3.37. The van der Waals surface area contributed by atoms with Crippen molar-refractivity contribution in [2.24, 2.45) is 0 Å². The van der Waals surface area contributed by atoms with Gasteiger partial charge in [-0.1, -0.05) is 22.9 Å². The maximum Gasteiger partial charge on any atom is 0.124 e. The van der Waals surface area contributed by atoms with E-state index in [-0.39, 0.29) is 12.4 Å². The summed E-state index contributed by atoms with van der Waals surface area (Å²) in [5, 5.41) is 8.83. The molecule has 4 heteroatoms. The molecule has 2 nitrogen and oxygen atoms in total. The monoisotopic (exact) mass is 275 g/mol. The van der Waals surface area contributed by atoms with E-state index in [0.717, 1.165) is 16.6 Å². The minimum absolute atomic E-state index is 0.129. The normalized spacial score (nSPS) is 11.0. The van der Waals surface area contributed by atoms with E-state index in [9.17, 15) is 4.39 Å². The standard InChI is InChI=1S/C11H15BrFNO/c1-2-14(3-4-15)8-9-5-10(12)7-11(13)6-9/h5-7,15H,2-4,8H2,1H3. The molecule has 1 rings (SSSR count). The molecule has 0 bridgehead atoms. The average molecular weight is 276 g/mol. The number of aliphatic hydroxyl groups excluding tert-OH is 1. The topological polar surface area (TPSA) is 23.5 Å². The Hall–Kier alpha value is -0.450. The third kappa shape index (κ3) is 4.28. The molecule has 0 aliphatic carbocycles. The maximum absolute atomic E-state index is 13.1. The van der Waals surface area contributed by atoms with Crippen molar-refractivity contribution in [3.05, 3.63) is 34.1 Å². The van der Waals surface area contributed by atoms with E-state index in [1.165, 1.54) is 12.1 Å². The van der Waals surface area contributed by atoms with E-state index < -0.39 is 0 Å². The first kappa shape index (κ1) is 12.6. The van der Waals surface area contributed by atoms with E-state index in [0.29, 0.717) is 13.1 Å². The number of hydrogen-bond donors (Lipinski definition) is 1. The Morgan fingerprint density at radius 1 is 1.40 bits per heavy atom. The molecular formula is C11H15BrFNO. The van der Waals surface area contributed by atoms with Gasteiger partial charge in [0.05, 0.1) is 6.61 Å². The van der Waals surface area contributed by atoms with Crippen molar-refractivity contribution in [3.63, 3.8) is 0 Å². The largest absolute Gasteiger partial charge is 0.395 e. The first-order chi connectivity index (χ1) is 7.15. The Bertz CT molecular complexity index is 299. The van der Waals surface area contributed by atoms with Gasteiger partial charge < -0.3 is 5.11 Å². The Balaban J connectivity index is 2.69. The second kappa shape index (κ2) is 6.20. The van der Waals surface area contributed by atoms with Crippen molar-refractivity contribution in [1.82, 2.24) is 4.90 Å². The fraction of sp³-hybridized carbons (Fsp3) is 0.455. The Labute approximate surface area is 97.8 Å². The summed E-state index contributed by atoms with van der Waals surface area (Å²) in [5.41, 5.74) is 0.914. The van der Waals surface area contributed by atoms with Crippen molar-refractivity contribution >= 4 is 15.9 Å². The minimum atomic E-state index is -0.237. The predicted molar refractivity (Wildman–Crippen MR) is 62.1 cm³/mol. The van der Waals surface area contributed by atoms with Crippen LogP contribution in [0.1, 0.15) is 12.5 Å². The highest BCUT2D eigenvalue weighted by atomic mass is 79.9. The van der Waals surface area contributed by atoms with Crippen molar-refractivity contribution in [2.45, 2.75) is 13.5 Å². The van der Waals surface area contributed by atoms with E-state index >= 15 is 0 Å². The molecule has 1 aromatic rings. The highest BCUT2D eigenvalue weighted by Gasteiger charge is 2.04. The molecular weight excluding hydrogens is 261 g/mol. The van der Waals surface area contributed by atoms with Crippen LogP contribution in [0.3, 0.4) is 0 Å². The fourth-order valence-corrected chi connectivity index (χ4v) is 1.96. The smallest absolute Gasteiger partial charge is 0.124 e. The summed E-state index contributed by atoms with van der Waals surface area (Å²) in [6.45, 7) is 4.26. The van der Waals surface area contributed by atoms with Crippen molar-refractivity contribution in [1.29, 1.82) is 0 Å². The lowest BCUT2D eigenvalue weighted by Crippen LogP contribution is -2.26. The van der Waals surface area contributed by atoms with Gasteiger partial charge >= 0.3 is 0 Å². The van der Waals surface area contributed by atoms with Gasteiger partial charge in [-0.3, -0.25) is 4.90 Å². The van der Waals surface area contributed by atoms with Crippen LogP contribution in [0.5, 0.6) is 0 Å². The average Bonchev–Trinajstić information content (AvgIpc) is 2.15. The zero-order valence-corrected chi connectivity index (χ0v) is 10.3. The van der Waals surface area contributed by atoms with Crippen LogP contribution in [0.4, 0.5) is 4.39 Å². The van der Waals surface area contributed by atoms with E-state index in [1.807, 2.05) is 13.0 Å². The molecule has 0 spiro atoms. The molecule has 84 valence electrons. The number of aliphatic hydroxyl groups is 1. The number of halogens is 2. The lowest BCUT2D eigenvalue weighted by Gasteiger charge is -2.19. The SMILES string of the molecule is CCN(CCO)Cc1cc(F)cc(Br)c1. The third-order valence-corrected chi connectivity index (χ3v) is 2.65. The molecule has 0 aliphatic heterocycles. The Morgan fingerprint density at radius 3 is 2.67 bits per heavy atom. The summed E-state index contributed by atoms with van der Waals surface area (Å²) in [5.74, 6) is -0.237. The first-order valence-corrected chi connectivity index (χ1v) is 5.73. The van der Waals surface area contributed by atoms with Gasteiger partial charge in [-0.15, -0.1) is 0 Å². The summed E-state index contributed by atoms with van der Waals surface area (Å²) in [6.07, 6.45) is 0. The predicted octanol–water partition coefficient (Wildman–Crippen LogP) is 2.40. The van der Waals surface area contributed by atoms with Gasteiger partial charge in [-0.05, 0) is 30.3 Å². The summed E-state index contributed by atoms with van der Waals surface area (Å²) in [6, 6.07) is 4.85. The third-order valence-electron chi connectivity index (χ3n) is 2.19. The first-order valence-electron chi connectivity index (χ1n) is 4.94. The van der Waals surface area contributed by atoms with Gasteiger partial charge in [-0.2, -0.15) is 0 Å². The van der Waals surface area contributed by atoms with E-state index in [2.05, 4.69) is 20.8 Å². The van der Waals surface area contributed by atoms with E-state index in [4.69, 9.17) is 5.11 Å². The number of rotatable bonds is 5. The number of benzene rings is 1. The Kier molecular flexibility index (Phi) is 5.22. The van der Waals surface area contributed by atoms with Crippen molar-refractivity contribution < 1.29 is 9.50 Å². The Morgan fingerprint density at radius 2 is 2.13 bits per heavy atom. The second-order valence-corrected chi connectivity index (χ2v) is 4.29. The highest BCUT2D eigenvalue weighted by molar-refractivity contribution is 9.10. The molecule has 0 aromatic heterocycles. The van der Waals surface area contributed by atoms with Gasteiger partial charge in [0.15, 0.2) is 0 Å². The van der Waals surface area contributed by atoms with E-state index in [1.54, 1.807) is 0 Å². The van der Waals surface area contributed by atoms with Crippen molar-refractivity contribution in [3.8, 4) is 0 Å². The molecule has 1 aromatic carbocycles. The molecule has 1 N–H and O–H groups in total. The van der Waals surface area contributed by atoms with Crippen LogP contribution in [0.25, 0.3) is 0 Å². The molecule has 0 unspecified atom stereocenters. The molecule has 0 amide bonds. The number of likely N-dealkylation sites (N-methyl/N-ethyl adjacent to an activating group) is 1. The van der Waals surface area contributed by atoms with Crippen LogP contribution in [-0.4, -0.2) is 29.7 Å². The quantitative estimate of drug-likeness (QED) is 0.892. The maximum atomic E-state index is 13.1. The summed E-state index contributed by atoms with van der Waals surface area (Å²) in [7, 11) is 0. The summed E-state index contributed by atoms with van der Waals surface area (Å²) in [4.78, 5) is 2.06. The molecule has 0 saturated heterocycles. The van der Waals surface area contributed by atoms with Crippen LogP contribution < -0.4 is 0 Å². The van der Waals surface area contributed by atoms with Crippen LogP contribution >= 0.6 is 15.9 Å². The zero-order chi connectivity index (χ0) is 11.3. The zero-order valence-electron chi connectivity index (χ0n) is 8.71. The lowest BCUT2D eigenvalue weighted by atomic mass is 10.2. The molecule has 15 heavy (non-hydrogen) atoms. The fourth-order valence-electron chi connectivity index (χ4n) is 1.45. The van der Waals surface area contributed by atoms with Gasteiger partial charge in [0.25, 0.3) is 0 Å². The van der Waals surface area contributed by atoms with Crippen LogP contribution in [0.15, 0.2) is 22.7 Å². The summed E-state index contributed by atoms with van der Waals surface area (Å²) >= 11 is 3.26. The highest BCUT2D eigenvalue weighted by Crippen LogP contribution is 2.16. The van der Waals surface area contributed by atoms with Crippen LogP contribution in [0, 0.1) is 5.82 Å². The molecule has 0 aliphatic rings. The van der Waals surface area contributed by atoms with Crippen LogP contribution in [0.2, 0.25) is 0 Å². The van der Waals surface area contributed by atoms with Gasteiger partial charge in [-0.25, -0.2) is 4.39 Å². The number of hydrogen-bond acceptors (Lipinski definition) is 2. The number of nitrogens with zero attached hydrogens (tertiary/aromatic N) is 1. The molecule has 0 fully saturated rings. The molecule has 0 atom stereocenters. The van der Waals surface area contributed by atoms with Gasteiger partial charge in [0.1, 0.15) is 5.82 Å². The summed E-state index contributed by atoms with van der Waals surface area (Å²) < 4.78 is 13.8. The molecule has 0 saturated carbocycles. The van der Waals surface area contributed by atoms with Crippen molar-refractivity contribution in [2.75, 3.05) is 19.7 Å². The molecule has 0 radical (unpaired) electrons.